The predicted molar refractivity (Wildman–Crippen MR) is 139 cm³/mol. The first-order valence-electron chi connectivity index (χ1n) is 12.9. The van der Waals surface area contributed by atoms with E-state index in [1.807, 2.05) is 46.2 Å². The number of hydrogen-bond donors (Lipinski definition) is 2. The number of carbonyl (C=O) groups excluding carboxylic acids is 2. The average Bonchev–Trinajstić information content (AvgIpc) is 2.87. The number of hydrogen-bond acceptors (Lipinski definition) is 7. The summed E-state index contributed by atoms with van der Waals surface area (Å²) in [4.78, 5) is 31.6. The second kappa shape index (κ2) is 11.9. The Labute approximate surface area is 213 Å². The molecule has 2 heterocycles. The van der Waals surface area contributed by atoms with E-state index in [9.17, 15) is 14.7 Å². The van der Waals surface area contributed by atoms with Crippen LogP contribution in [0.2, 0.25) is 0 Å². The van der Waals surface area contributed by atoms with Gasteiger partial charge in [-0.3, -0.25) is 19.4 Å². The van der Waals surface area contributed by atoms with Gasteiger partial charge in [-0.15, -0.1) is 0 Å². The summed E-state index contributed by atoms with van der Waals surface area (Å²) in [6, 6.07) is 15.9. The Morgan fingerprint density at radius 2 is 1.75 bits per heavy atom. The van der Waals surface area contributed by atoms with E-state index in [4.69, 9.17) is 4.74 Å². The number of nitrogens with zero attached hydrogens (tertiary/aromatic N) is 3. The van der Waals surface area contributed by atoms with Crippen LogP contribution in [0, 0.1) is 0 Å². The van der Waals surface area contributed by atoms with Crippen LogP contribution in [0.25, 0.3) is 0 Å². The SMILES string of the molecule is CCOC(=O)CN1CCN(C(=O)c2cccc([C@H](c3cccc(O)c3)N3C[C@@H](C)NC[C@@H]3C)c2)CC1. The van der Waals surface area contributed by atoms with Crippen LogP contribution < -0.4 is 5.32 Å². The van der Waals surface area contributed by atoms with Crippen LogP contribution >= 0.6 is 0 Å². The van der Waals surface area contributed by atoms with Crippen molar-refractivity contribution in [2.24, 2.45) is 0 Å². The summed E-state index contributed by atoms with van der Waals surface area (Å²) in [6.45, 7) is 11.0. The van der Waals surface area contributed by atoms with Crippen molar-refractivity contribution in [3.05, 3.63) is 65.2 Å². The van der Waals surface area contributed by atoms with Gasteiger partial charge in [0.15, 0.2) is 0 Å². The Bertz CT molecular complexity index is 1050. The van der Waals surface area contributed by atoms with Crippen molar-refractivity contribution >= 4 is 11.9 Å². The highest BCUT2D eigenvalue weighted by atomic mass is 16.5. The number of phenols is 1. The molecule has 0 spiro atoms. The molecule has 2 N–H and O–H groups in total. The Balaban J connectivity index is 1.54. The van der Waals surface area contributed by atoms with Crippen LogP contribution in [0.3, 0.4) is 0 Å². The van der Waals surface area contributed by atoms with Crippen LogP contribution in [0.15, 0.2) is 48.5 Å². The first-order valence-corrected chi connectivity index (χ1v) is 12.9. The van der Waals surface area contributed by atoms with E-state index >= 15 is 0 Å². The molecule has 1 amide bonds. The van der Waals surface area contributed by atoms with Crippen molar-refractivity contribution in [2.75, 3.05) is 52.4 Å². The number of rotatable bonds is 7. The van der Waals surface area contributed by atoms with Crippen LogP contribution in [-0.2, 0) is 9.53 Å². The van der Waals surface area contributed by atoms with Crippen LogP contribution in [0.5, 0.6) is 5.75 Å². The third-order valence-electron chi connectivity index (χ3n) is 7.10. The van der Waals surface area contributed by atoms with Crippen molar-refractivity contribution in [2.45, 2.75) is 38.9 Å². The first-order chi connectivity index (χ1) is 17.4. The lowest BCUT2D eigenvalue weighted by Gasteiger charge is -2.43. The lowest BCUT2D eigenvalue weighted by molar-refractivity contribution is -0.144. The number of piperazine rings is 2. The third-order valence-corrected chi connectivity index (χ3v) is 7.10. The minimum atomic E-state index is -0.223. The number of phenolic OH excluding ortho intramolecular Hbond substituents is 1. The summed E-state index contributed by atoms with van der Waals surface area (Å²) >= 11 is 0. The zero-order valence-electron chi connectivity index (χ0n) is 21.5. The highest BCUT2D eigenvalue weighted by Crippen LogP contribution is 2.33. The standard InChI is InChI=1S/C28H38N4O4/c1-4-36-26(34)19-30-11-13-31(14-12-30)28(35)24-9-5-7-22(15-24)27(23-8-6-10-25(33)16-23)32-18-20(2)29-17-21(32)3/h5-10,15-16,20-21,27,29,33H,4,11-14,17-19H2,1-3H3/t20-,21+,27-/m1/s1. The molecule has 2 aromatic rings. The summed E-state index contributed by atoms with van der Waals surface area (Å²) in [6.07, 6.45) is 0. The second-order valence-corrected chi connectivity index (χ2v) is 9.85. The fourth-order valence-corrected chi connectivity index (χ4v) is 5.20. The van der Waals surface area contributed by atoms with Gasteiger partial charge in [0.05, 0.1) is 19.2 Å². The van der Waals surface area contributed by atoms with Crippen LogP contribution in [-0.4, -0.2) is 96.2 Å². The summed E-state index contributed by atoms with van der Waals surface area (Å²) in [7, 11) is 0. The van der Waals surface area contributed by atoms with Gasteiger partial charge in [-0.1, -0.05) is 24.3 Å². The monoisotopic (exact) mass is 494 g/mol. The van der Waals surface area contributed by atoms with E-state index in [-0.39, 0.29) is 30.2 Å². The van der Waals surface area contributed by atoms with Gasteiger partial charge in [-0.2, -0.15) is 0 Å². The molecule has 2 aliphatic rings. The van der Waals surface area contributed by atoms with Gasteiger partial charge in [0.1, 0.15) is 5.75 Å². The van der Waals surface area contributed by atoms with Crippen LogP contribution in [0.1, 0.15) is 48.3 Å². The molecular weight excluding hydrogens is 456 g/mol. The van der Waals surface area contributed by atoms with Crippen molar-refractivity contribution in [3.8, 4) is 5.75 Å². The van der Waals surface area contributed by atoms with Crippen molar-refractivity contribution in [3.63, 3.8) is 0 Å². The molecule has 4 rings (SSSR count). The third kappa shape index (κ3) is 6.24. The number of nitrogens with one attached hydrogen (secondary N) is 1. The maximum atomic E-state index is 13.4. The number of carbonyl (C=O) groups is 2. The largest absolute Gasteiger partial charge is 0.508 e. The van der Waals surface area contributed by atoms with Crippen LogP contribution in [0.4, 0.5) is 0 Å². The van der Waals surface area contributed by atoms with Gasteiger partial charge >= 0.3 is 5.97 Å². The van der Waals surface area contributed by atoms with Gasteiger partial charge in [-0.25, -0.2) is 0 Å². The molecule has 0 aromatic heterocycles. The Morgan fingerprint density at radius 1 is 1.06 bits per heavy atom. The fraction of sp³-hybridized carbons (Fsp3) is 0.500. The maximum absolute atomic E-state index is 13.4. The molecule has 36 heavy (non-hydrogen) atoms. The first kappa shape index (κ1) is 26.1. The average molecular weight is 495 g/mol. The lowest BCUT2D eigenvalue weighted by Crippen LogP contribution is -2.55. The zero-order valence-corrected chi connectivity index (χ0v) is 21.5. The number of esters is 1. The normalized spacial score (nSPS) is 22.2. The molecule has 0 saturated carbocycles. The molecule has 3 atom stereocenters. The highest BCUT2D eigenvalue weighted by molar-refractivity contribution is 5.94. The topological polar surface area (TPSA) is 85.3 Å². The van der Waals surface area contributed by atoms with Gasteiger partial charge in [0.2, 0.25) is 0 Å². The molecular formula is C28H38N4O4. The van der Waals surface area contributed by atoms with E-state index in [0.29, 0.717) is 50.4 Å². The number of benzene rings is 2. The number of ether oxygens (including phenoxy) is 1. The van der Waals surface area contributed by atoms with E-state index in [2.05, 4.69) is 30.1 Å². The molecule has 8 nitrogen and oxygen atoms in total. The smallest absolute Gasteiger partial charge is 0.320 e. The van der Waals surface area contributed by atoms with E-state index in [0.717, 1.165) is 24.2 Å². The molecule has 2 aromatic carbocycles. The molecule has 0 unspecified atom stereocenters. The van der Waals surface area contributed by atoms with Gasteiger partial charge < -0.3 is 20.1 Å². The minimum Gasteiger partial charge on any atom is -0.508 e. The van der Waals surface area contributed by atoms with E-state index in [1.54, 1.807) is 13.0 Å². The predicted octanol–water partition coefficient (Wildman–Crippen LogP) is 2.48. The van der Waals surface area contributed by atoms with Crippen molar-refractivity contribution < 1.29 is 19.4 Å². The highest BCUT2D eigenvalue weighted by Gasteiger charge is 2.32. The van der Waals surface area contributed by atoms with Gasteiger partial charge in [0.25, 0.3) is 5.91 Å². The maximum Gasteiger partial charge on any atom is 0.320 e. The second-order valence-electron chi connectivity index (χ2n) is 9.85. The molecule has 0 bridgehead atoms. The molecule has 0 radical (unpaired) electrons. The Kier molecular flexibility index (Phi) is 8.61. The fourth-order valence-electron chi connectivity index (χ4n) is 5.20. The van der Waals surface area contributed by atoms with Gasteiger partial charge in [0, 0.05) is 56.9 Å². The number of aromatic hydroxyl groups is 1. The van der Waals surface area contributed by atoms with Gasteiger partial charge in [-0.05, 0) is 56.2 Å². The Hall–Kier alpha value is -2.94. The lowest BCUT2D eigenvalue weighted by atomic mass is 9.92. The molecule has 2 fully saturated rings. The van der Waals surface area contributed by atoms with Crippen molar-refractivity contribution in [1.82, 2.24) is 20.0 Å². The summed E-state index contributed by atoms with van der Waals surface area (Å²) in [5.74, 6) is 0.0182. The summed E-state index contributed by atoms with van der Waals surface area (Å²) < 4.78 is 5.05. The Morgan fingerprint density at radius 3 is 2.44 bits per heavy atom. The molecule has 194 valence electrons. The molecule has 0 aliphatic carbocycles. The quantitative estimate of drug-likeness (QED) is 0.572. The summed E-state index contributed by atoms with van der Waals surface area (Å²) in [5, 5.41) is 13.8. The summed E-state index contributed by atoms with van der Waals surface area (Å²) in [5.41, 5.74) is 2.70. The minimum absolute atomic E-state index is 0.00372. The molecule has 2 saturated heterocycles. The number of amides is 1. The van der Waals surface area contributed by atoms with E-state index < -0.39 is 0 Å². The molecule has 2 aliphatic heterocycles. The van der Waals surface area contributed by atoms with E-state index in [1.165, 1.54) is 0 Å². The van der Waals surface area contributed by atoms with Crippen molar-refractivity contribution in [1.29, 1.82) is 0 Å². The zero-order chi connectivity index (χ0) is 25.7. The molecule has 8 heteroatoms.